The first-order valence-electron chi connectivity index (χ1n) is 6.11. The highest BCUT2D eigenvalue weighted by Crippen LogP contribution is 2.11. The summed E-state index contributed by atoms with van der Waals surface area (Å²) < 4.78 is 11.9. The predicted molar refractivity (Wildman–Crippen MR) is 73.0 cm³/mol. The van der Waals surface area contributed by atoms with Crippen molar-refractivity contribution in [2.45, 2.75) is 44.1 Å². The van der Waals surface area contributed by atoms with Crippen molar-refractivity contribution < 1.29 is 14.1 Å². The van der Waals surface area contributed by atoms with Gasteiger partial charge in [0.25, 0.3) is 0 Å². The molecule has 1 rings (SSSR count). The summed E-state index contributed by atoms with van der Waals surface area (Å²) >= 11 is 0. The van der Waals surface area contributed by atoms with Crippen LogP contribution in [0.15, 0.2) is 29.2 Å². The third kappa shape index (κ3) is 5.56. The van der Waals surface area contributed by atoms with Crippen LogP contribution in [0.4, 0.5) is 0 Å². The highest BCUT2D eigenvalue weighted by Gasteiger charge is 2.11. The average molecular weight is 268 g/mol. The Morgan fingerprint density at radius 3 is 2.50 bits per heavy atom. The molecular weight excluding hydrogens is 248 g/mol. The standard InChI is InChI=1S/C14H20O3S/c1-11-6-8-14(9-7-11)18(17)10-13(16)5-3-4-12(2)15/h6-9,13,16H,3-5,10H2,1-2H3/t13-,18-/m1/s1. The second-order valence-corrected chi connectivity index (χ2v) is 6.07. The second-order valence-electron chi connectivity index (χ2n) is 4.57. The predicted octanol–water partition coefficient (Wildman–Crippen LogP) is 2.22. The molecule has 0 saturated heterocycles. The van der Waals surface area contributed by atoms with Crippen LogP contribution < -0.4 is 0 Å². The zero-order valence-corrected chi connectivity index (χ0v) is 11.7. The Balaban J connectivity index is 2.39. The van der Waals surface area contributed by atoms with E-state index in [-0.39, 0.29) is 11.5 Å². The summed E-state index contributed by atoms with van der Waals surface area (Å²) in [6, 6.07) is 7.48. The molecule has 0 aromatic heterocycles. The van der Waals surface area contributed by atoms with Crippen LogP contribution in [0.3, 0.4) is 0 Å². The van der Waals surface area contributed by atoms with E-state index in [1.165, 1.54) is 6.92 Å². The van der Waals surface area contributed by atoms with E-state index in [0.717, 1.165) is 10.5 Å². The third-order valence-corrected chi connectivity index (χ3v) is 4.18. The fourth-order valence-electron chi connectivity index (χ4n) is 1.63. The molecule has 1 N–H and O–H groups in total. The van der Waals surface area contributed by atoms with Crippen LogP contribution in [-0.2, 0) is 15.6 Å². The van der Waals surface area contributed by atoms with E-state index < -0.39 is 16.9 Å². The van der Waals surface area contributed by atoms with Crippen LogP contribution in [0.25, 0.3) is 0 Å². The van der Waals surface area contributed by atoms with Crippen molar-refractivity contribution in [2.24, 2.45) is 0 Å². The number of aryl methyl sites for hydroxylation is 1. The number of hydrogen-bond donors (Lipinski definition) is 1. The molecule has 0 fully saturated rings. The Bertz CT molecular complexity index is 412. The Hall–Kier alpha value is -1.00. The van der Waals surface area contributed by atoms with E-state index in [9.17, 15) is 14.1 Å². The fraction of sp³-hybridized carbons (Fsp3) is 0.500. The van der Waals surface area contributed by atoms with Crippen molar-refractivity contribution in [3.05, 3.63) is 29.8 Å². The molecule has 0 radical (unpaired) electrons. The van der Waals surface area contributed by atoms with Crippen molar-refractivity contribution in [1.29, 1.82) is 0 Å². The second kappa shape index (κ2) is 7.44. The highest BCUT2D eigenvalue weighted by atomic mass is 32.2. The van der Waals surface area contributed by atoms with Crippen LogP contribution in [-0.4, -0.2) is 27.0 Å². The molecule has 0 bridgehead atoms. The van der Waals surface area contributed by atoms with E-state index in [0.29, 0.717) is 19.3 Å². The van der Waals surface area contributed by atoms with E-state index in [1.54, 1.807) is 0 Å². The van der Waals surface area contributed by atoms with Gasteiger partial charge in [0, 0.05) is 11.3 Å². The Morgan fingerprint density at radius 2 is 1.94 bits per heavy atom. The number of aliphatic hydroxyl groups is 1. The number of ketones is 1. The van der Waals surface area contributed by atoms with Crippen molar-refractivity contribution in [2.75, 3.05) is 5.75 Å². The normalized spacial score (nSPS) is 14.2. The third-order valence-electron chi connectivity index (χ3n) is 2.69. The van der Waals surface area contributed by atoms with E-state index in [4.69, 9.17) is 0 Å². The Kier molecular flexibility index (Phi) is 6.22. The SMILES string of the molecule is CC(=O)CCC[C@@H](O)C[S@@](=O)c1ccc(C)cc1. The van der Waals surface area contributed by atoms with Gasteiger partial charge in [-0.2, -0.15) is 0 Å². The fourth-order valence-corrected chi connectivity index (χ4v) is 2.78. The smallest absolute Gasteiger partial charge is 0.129 e. The maximum Gasteiger partial charge on any atom is 0.129 e. The molecule has 3 nitrogen and oxygen atoms in total. The van der Waals surface area contributed by atoms with Gasteiger partial charge >= 0.3 is 0 Å². The number of rotatable bonds is 7. The van der Waals surface area contributed by atoms with Crippen molar-refractivity contribution in [3.63, 3.8) is 0 Å². The quantitative estimate of drug-likeness (QED) is 0.825. The Labute approximate surface area is 111 Å². The van der Waals surface area contributed by atoms with Gasteiger partial charge in [-0.15, -0.1) is 0 Å². The number of hydrogen-bond acceptors (Lipinski definition) is 3. The van der Waals surface area contributed by atoms with E-state index in [2.05, 4.69) is 0 Å². The summed E-state index contributed by atoms with van der Waals surface area (Å²) in [4.78, 5) is 11.5. The molecule has 0 amide bonds. The minimum Gasteiger partial charge on any atom is -0.392 e. The Morgan fingerprint density at radius 1 is 1.33 bits per heavy atom. The average Bonchev–Trinajstić information content (AvgIpc) is 2.29. The first kappa shape index (κ1) is 15.1. The van der Waals surface area contributed by atoms with Gasteiger partial charge < -0.3 is 9.90 Å². The van der Waals surface area contributed by atoms with Crippen LogP contribution in [0.5, 0.6) is 0 Å². The first-order chi connectivity index (χ1) is 8.49. The van der Waals surface area contributed by atoms with Crippen LogP contribution in [0, 0.1) is 6.92 Å². The highest BCUT2D eigenvalue weighted by molar-refractivity contribution is 7.85. The van der Waals surface area contributed by atoms with Crippen LogP contribution in [0.1, 0.15) is 31.7 Å². The van der Waals surface area contributed by atoms with Gasteiger partial charge in [0.1, 0.15) is 5.78 Å². The number of Topliss-reactive ketones (excluding diaryl/α,β-unsaturated/α-hetero) is 1. The molecule has 4 heteroatoms. The molecule has 100 valence electrons. The molecule has 18 heavy (non-hydrogen) atoms. The summed E-state index contributed by atoms with van der Waals surface area (Å²) in [5, 5.41) is 9.74. The molecule has 0 aliphatic rings. The maximum atomic E-state index is 11.9. The molecule has 0 aliphatic heterocycles. The van der Waals surface area contributed by atoms with Gasteiger partial charge in [0.2, 0.25) is 0 Å². The molecule has 2 atom stereocenters. The summed E-state index contributed by atoms with van der Waals surface area (Å²) in [5.41, 5.74) is 1.12. The monoisotopic (exact) mass is 268 g/mol. The molecule has 0 spiro atoms. The molecule has 0 saturated carbocycles. The number of aliphatic hydroxyl groups excluding tert-OH is 1. The van der Waals surface area contributed by atoms with Gasteiger partial charge in [0.05, 0.1) is 22.7 Å². The zero-order chi connectivity index (χ0) is 13.5. The number of benzene rings is 1. The lowest BCUT2D eigenvalue weighted by Crippen LogP contribution is -2.17. The molecule has 0 unspecified atom stereocenters. The number of carbonyl (C=O) groups excluding carboxylic acids is 1. The summed E-state index contributed by atoms with van der Waals surface area (Å²) in [6.07, 6.45) is 1.05. The molecule has 1 aromatic rings. The van der Waals surface area contributed by atoms with Gasteiger partial charge in [-0.05, 0) is 38.8 Å². The molecule has 0 heterocycles. The van der Waals surface area contributed by atoms with E-state index >= 15 is 0 Å². The van der Waals surface area contributed by atoms with Crippen LogP contribution in [0.2, 0.25) is 0 Å². The lowest BCUT2D eigenvalue weighted by atomic mass is 10.1. The lowest BCUT2D eigenvalue weighted by Gasteiger charge is -2.09. The summed E-state index contributed by atoms with van der Waals surface area (Å²) in [5.74, 6) is 0.364. The topological polar surface area (TPSA) is 54.4 Å². The molecule has 1 aromatic carbocycles. The number of carbonyl (C=O) groups is 1. The summed E-state index contributed by atoms with van der Waals surface area (Å²) in [6.45, 7) is 3.51. The molecule has 0 aliphatic carbocycles. The van der Waals surface area contributed by atoms with Gasteiger partial charge in [0.15, 0.2) is 0 Å². The maximum absolute atomic E-state index is 11.9. The van der Waals surface area contributed by atoms with E-state index in [1.807, 2.05) is 31.2 Å². The van der Waals surface area contributed by atoms with Gasteiger partial charge in [-0.25, -0.2) is 0 Å². The first-order valence-corrected chi connectivity index (χ1v) is 7.43. The zero-order valence-electron chi connectivity index (χ0n) is 10.9. The van der Waals surface area contributed by atoms with Crippen molar-refractivity contribution in [1.82, 2.24) is 0 Å². The summed E-state index contributed by atoms with van der Waals surface area (Å²) in [7, 11) is -1.17. The van der Waals surface area contributed by atoms with Gasteiger partial charge in [-0.3, -0.25) is 4.21 Å². The van der Waals surface area contributed by atoms with Crippen molar-refractivity contribution in [3.8, 4) is 0 Å². The minimum absolute atomic E-state index is 0.127. The molecular formula is C14H20O3S. The minimum atomic E-state index is -1.17. The van der Waals surface area contributed by atoms with Crippen molar-refractivity contribution >= 4 is 16.6 Å². The van der Waals surface area contributed by atoms with Crippen LogP contribution >= 0.6 is 0 Å². The largest absolute Gasteiger partial charge is 0.392 e. The lowest BCUT2D eigenvalue weighted by molar-refractivity contribution is -0.117. The van der Waals surface area contributed by atoms with Gasteiger partial charge in [-0.1, -0.05) is 17.7 Å².